The van der Waals surface area contributed by atoms with E-state index in [-0.39, 0.29) is 30.2 Å². The van der Waals surface area contributed by atoms with Crippen LogP contribution in [-0.2, 0) is 9.53 Å². The number of carbonyl (C=O) groups excluding carboxylic acids is 2. The maximum atomic E-state index is 13.1. The second-order valence-electron chi connectivity index (χ2n) is 8.56. The van der Waals surface area contributed by atoms with Crippen LogP contribution in [0.5, 0.6) is 0 Å². The summed E-state index contributed by atoms with van der Waals surface area (Å²) < 4.78 is 6.01. The molecule has 0 saturated heterocycles. The largest absolute Gasteiger partial charge is 0.478 e. The number of hydrogen-bond donors (Lipinski definition) is 3. The lowest BCUT2D eigenvalue weighted by Crippen LogP contribution is -2.54. The second kappa shape index (κ2) is 9.92. The van der Waals surface area contributed by atoms with Crippen LogP contribution in [0.4, 0.5) is 10.5 Å². The van der Waals surface area contributed by atoms with Gasteiger partial charge in [-0.15, -0.1) is 0 Å². The first-order valence-corrected chi connectivity index (χ1v) is 12.0. The summed E-state index contributed by atoms with van der Waals surface area (Å²) in [5.41, 5.74) is 3.16. The first-order chi connectivity index (χ1) is 16.7. The Balaban J connectivity index is 1.47. The molecule has 1 atom stereocenters. The molecule has 0 heterocycles. The Labute approximate surface area is 211 Å². The fourth-order valence-corrected chi connectivity index (χ4v) is 4.71. The Kier molecular flexibility index (Phi) is 6.93. The summed E-state index contributed by atoms with van der Waals surface area (Å²) in [7, 11) is 0. The summed E-state index contributed by atoms with van der Waals surface area (Å²) in [6, 6.07) is 20.7. The number of fused-ring (bicyclic) bond motifs is 3. The van der Waals surface area contributed by atoms with Crippen LogP contribution < -0.4 is 10.6 Å². The van der Waals surface area contributed by atoms with Gasteiger partial charge in [-0.25, -0.2) is 9.59 Å². The van der Waals surface area contributed by atoms with Gasteiger partial charge in [-0.05, 0) is 63.7 Å². The van der Waals surface area contributed by atoms with Gasteiger partial charge in [0.1, 0.15) is 12.1 Å². The van der Waals surface area contributed by atoms with Crippen molar-refractivity contribution in [1.82, 2.24) is 5.32 Å². The van der Waals surface area contributed by atoms with Gasteiger partial charge in [-0.2, -0.15) is 0 Å². The van der Waals surface area contributed by atoms with E-state index < -0.39 is 23.5 Å². The molecule has 0 bridgehead atoms. The predicted molar refractivity (Wildman–Crippen MR) is 137 cm³/mol. The molecule has 4 rings (SSSR count). The molecule has 1 aliphatic carbocycles. The molecule has 0 radical (unpaired) electrons. The monoisotopic (exact) mass is 536 g/mol. The normalized spacial score (nSPS) is 13.8. The van der Waals surface area contributed by atoms with Crippen molar-refractivity contribution < 1.29 is 24.2 Å². The van der Waals surface area contributed by atoms with Crippen molar-refractivity contribution in [2.24, 2.45) is 0 Å². The smallest absolute Gasteiger partial charge is 0.408 e. The minimum Gasteiger partial charge on any atom is -0.478 e. The summed E-state index contributed by atoms with van der Waals surface area (Å²) in [5, 5.41) is 14.8. The minimum atomic E-state index is -1.33. The standard InChI is InChI=1S/C27H25BrN2O5/c1-3-27(2,25(33)29-23-20(24(31)32)13-8-14-22(23)28)30-26(34)35-15-21-18-11-6-4-9-16(18)17-10-5-7-12-19(17)21/h4-14,21H,3,15H2,1-2H3,(H,29,33)(H,30,34)(H,31,32). The van der Waals surface area contributed by atoms with E-state index in [2.05, 4.69) is 38.7 Å². The van der Waals surface area contributed by atoms with Crippen molar-refractivity contribution in [3.63, 3.8) is 0 Å². The van der Waals surface area contributed by atoms with E-state index in [9.17, 15) is 19.5 Å². The first kappa shape index (κ1) is 24.5. The number of rotatable bonds is 7. The highest BCUT2D eigenvalue weighted by Gasteiger charge is 2.36. The first-order valence-electron chi connectivity index (χ1n) is 11.2. The highest BCUT2D eigenvalue weighted by atomic mass is 79.9. The van der Waals surface area contributed by atoms with Crippen LogP contribution >= 0.6 is 15.9 Å². The Bertz CT molecular complexity index is 1260. The second-order valence-corrected chi connectivity index (χ2v) is 9.41. The number of hydrogen-bond acceptors (Lipinski definition) is 4. The maximum absolute atomic E-state index is 13.1. The molecule has 0 saturated carbocycles. The predicted octanol–water partition coefficient (Wildman–Crippen LogP) is 5.79. The lowest BCUT2D eigenvalue weighted by molar-refractivity contribution is -0.121. The van der Waals surface area contributed by atoms with E-state index in [0.29, 0.717) is 4.47 Å². The zero-order valence-electron chi connectivity index (χ0n) is 19.3. The molecule has 1 aliphatic rings. The molecule has 0 aromatic heterocycles. The average Bonchev–Trinajstić information content (AvgIpc) is 3.17. The molecule has 3 N–H and O–H groups in total. The molecule has 0 spiro atoms. The number of para-hydroxylation sites is 1. The average molecular weight is 537 g/mol. The van der Waals surface area contributed by atoms with Crippen molar-refractivity contribution in [2.45, 2.75) is 31.7 Å². The van der Waals surface area contributed by atoms with Gasteiger partial charge in [0.15, 0.2) is 0 Å². The SMILES string of the molecule is CCC(C)(NC(=O)OCC1c2ccccc2-c2ccccc21)C(=O)Nc1c(Br)cccc1C(=O)O. The number of alkyl carbamates (subject to hydrolysis) is 1. The van der Waals surface area contributed by atoms with Crippen molar-refractivity contribution in [2.75, 3.05) is 11.9 Å². The van der Waals surface area contributed by atoms with Crippen LogP contribution in [-0.4, -0.2) is 35.2 Å². The number of carboxylic acid groups (broad SMARTS) is 1. The Morgan fingerprint density at radius 1 is 0.971 bits per heavy atom. The molecule has 7 nitrogen and oxygen atoms in total. The molecule has 180 valence electrons. The third-order valence-corrected chi connectivity index (χ3v) is 7.07. The van der Waals surface area contributed by atoms with E-state index in [1.807, 2.05) is 36.4 Å². The molecule has 3 aromatic carbocycles. The van der Waals surface area contributed by atoms with Crippen LogP contribution in [0.2, 0.25) is 0 Å². The zero-order valence-corrected chi connectivity index (χ0v) is 20.9. The van der Waals surface area contributed by atoms with E-state index in [1.165, 1.54) is 6.07 Å². The van der Waals surface area contributed by atoms with Crippen molar-refractivity contribution in [1.29, 1.82) is 0 Å². The van der Waals surface area contributed by atoms with Crippen molar-refractivity contribution >= 4 is 39.6 Å². The molecule has 35 heavy (non-hydrogen) atoms. The van der Waals surface area contributed by atoms with E-state index >= 15 is 0 Å². The molecule has 0 fully saturated rings. The third-order valence-electron chi connectivity index (χ3n) is 6.41. The van der Waals surface area contributed by atoms with Gasteiger partial charge in [-0.1, -0.05) is 61.5 Å². The van der Waals surface area contributed by atoms with Crippen LogP contribution in [0.3, 0.4) is 0 Å². The molecule has 3 aromatic rings. The molecule has 1 unspecified atom stereocenters. The summed E-state index contributed by atoms with van der Waals surface area (Å²) in [4.78, 5) is 37.5. The van der Waals surface area contributed by atoms with Gasteiger partial charge in [-0.3, -0.25) is 4.79 Å². The van der Waals surface area contributed by atoms with Crippen LogP contribution in [0.15, 0.2) is 71.2 Å². The van der Waals surface area contributed by atoms with Gasteiger partial charge in [0.2, 0.25) is 5.91 Å². The molecule has 8 heteroatoms. The number of carbonyl (C=O) groups is 3. The number of anilines is 1. The van der Waals surface area contributed by atoms with E-state index in [1.54, 1.807) is 26.0 Å². The number of aromatic carboxylic acids is 1. The highest BCUT2D eigenvalue weighted by Crippen LogP contribution is 2.44. The van der Waals surface area contributed by atoms with Gasteiger partial charge in [0, 0.05) is 10.4 Å². The lowest BCUT2D eigenvalue weighted by atomic mass is 9.97. The lowest BCUT2D eigenvalue weighted by Gasteiger charge is -2.28. The Hall–Kier alpha value is -3.65. The fourth-order valence-electron chi connectivity index (χ4n) is 4.25. The van der Waals surface area contributed by atoms with Crippen LogP contribution in [0.25, 0.3) is 11.1 Å². The molecule has 2 amide bonds. The summed E-state index contributed by atoms with van der Waals surface area (Å²) in [6.45, 7) is 3.44. The summed E-state index contributed by atoms with van der Waals surface area (Å²) >= 11 is 3.28. The third kappa shape index (κ3) is 4.79. The van der Waals surface area contributed by atoms with Crippen molar-refractivity contribution in [3.8, 4) is 11.1 Å². The minimum absolute atomic E-state index is 0.0627. The highest BCUT2D eigenvalue weighted by molar-refractivity contribution is 9.10. The van der Waals surface area contributed by atoms with Crippen LogP contribution in [0, 0.1) is 0 Å². The molecular weight excluding hydrogens is 512 g/mol. The van der Waals surface area contributed by atoms with Crippen LogP contribution in [0.1, 0.15) is 47.7 Å². The zero-order chi connectivity index (χ0) is 25.2. The molecular formula is C27H25BrN2O5. The summed E-state index contributed by atoms with van der Waals surface area (Å²) in [5.74, 6) is -1.83. The molecule has 0 aliphatic heterocycles. The summed E-state index contributed by atoms with van der Waals surface area (Å²) in [6.07, 6.45) is -0.465. The van der Waals surface area contributed by atoms with E-state index in [4.69, 9.17) is 4.74 Å². The van der Waals surface area contributed by atoms with Gasteiger partial charge >= 0.3 is 12.1 Å². The number of nitrogens with one attached hydrogen (secondary N) is 2. The number of ether oxygens (including phenoxy) is 1. The number of carboxylic acids is 1. The van der Waals surface area contributed by atoms with Gasteiger partial charge in [0.25, 0.3) is 0 Å². The quantitative estimate of drug-likeness (QED) is 0.354. The number of halogens is 1. The Morgan fingerprint density at radius 2 is 1.57 bits per heavy atom. The Morgan fingerprint density at radius 3 is 2.14 bits per heavy atom. The number of amides is 2. The van der Waals surface area contributed by atoms with Gasteiger partial charge < -0.3 is 20.5 Å². The number of benzene rings is 3. The van der Waals surface area contributed by atoms with Gasteiger partial charge in [0.05, 0.1) is 11.3 Å². The van der Waals surface area contributed by atoms with Crippen molar-refractivity contribution in [3.05, 3.63) is 87.9 Å². The van der Waals surface area contributed by atoms with E-state index in [0.717, 1.165) is 22.3 Å². The topological polar surface area (TPSA) is 105 Å². The fraction of sp³-hybridized carbons (Fsp3) is 0.222. The maximum Gasteiger partial charge on any atom is 0.408 e.